The Labute approximate surface area is 195 Å². The van der Waals surface area contributed by atoms with Crippen molar-refractivity contribution in [3.05, 3.63) is 94.0 Å². The van der Waals surface area contributed by atoms with Gasteiger partial charge in [0.25, 0.3) is 11.8 Å². The zero-order valence-electron chi connectivity index (χ0n) is 16.9. The van der Waals surface area contributed by atoms with Crippen molar-refractivity contribution in [3.8, 4) is 5.75 Å². The lowest BCUT2D eigenvalue weighted by atomic mass is 10.2. The van der Waals surface area contributed by atoms with Crippen LogP contribution in [-0.4, -0.2) is 24.3 Å². The second-order valence-corrected chi connectivity index (χ2v) is 7.64. The molecule has 0 aliphatic carbocycles. The number of nitrogens with one attached hydrogen (secondary N) is 2. The quantitative estimate of drug-likeness (QED) is 0.263. The van der Waals surface area contributed by atoms with Crippen LogP contribution in [0.15, 0.2) is 72.8 Å². The normalized spacial score (nSPS) is 10.3. The molecule has 0 saturated heterocycles. The van der Waals surface area contributed by atoms with Crippen LogP contribution in [0.3, 0.4) is 0 Å². The van der Waals surface area contributed by atoms with E-state index in [0.717, 1.165) is 0 Å². The van der Waals surface area contributed by atoms with Crippen LogP contribution in [-0.2, 0) is 4.79 Å². The Kier molecular flexibility index (Phi) is 8.25. The minimum Gasteiger partial charge on any atom is -0.427 e. The predicted molar refractivity (Wildman–Crippen MR) is 125 cm³/mol. The van der Waals surface area contributed by atoms with Crippen molar-refractivity contribution in [1.29, 1.82) is 0 Å². The van der Waals surface area contributed by atoms with Crippen LogP contribution in [0.1, 0.15) is 33.6 Å². The first-order valence-corrected chi connectivity index (χ1v) is 10.6. The molecule has 2 N–H and O–H groups in total. The number of benzene rings is 3. The SMILES string of the molecule is O=C(CCCNC(=O)c1ccc(Cl)cc1)Oc1ccc(NC(=O)c2ccccc2Cl)cc1. The molecule has 6 nitrogen and oxygen atoms in total. The summed E-state index contributed by atoms with van der Waals surface area (Å²) in [5, 5.41) is 6.40. The highest BCUT2D eigenvalue weighted by molar-refractivity contribution is 6.34. The Hall–Kier alpha value is -3.35. The van der Waals surface area contributed by atoms with Crippen molar-refractivity contribution in [2.45, 2.75) is 12.8 Å². The fourth-order valence-corrected chi connectivity index (χ4v) is 3.12. The molecule has 0 spiro atoms. The lowest BCUT2D eigenvalue weighted by Crippen LogP contribution is -2.25. The smallest absolute Gasteiger partial charge is 0.311 e. The van der Waals surface area contributed by atoms with Crippen LogP contribution in [0, 0.1) is 0 Å². The second kappa shape index (κ2) is 11.3. The topological polar surface area (TPSA) is 84.5 Å². The van der Waals surface area contributed by atoms with Gasteiger partial charge in [-0.05, 0) is 67.1 Å². The van der Waals surface area contributed by atoms with E-state index in [1.54, 1.807) is 72.8 Å². The largest absolute Gasteiger partial charge is 0.427 e. The van der Waals surface area contributed by atoms with Gasteiger partial charge in [-0.2, -0.15) is 0 Å². The van der Waals surface area contributed by atoms with Gasteiger partial charge in [0, 0.05) is 29.2 Å². The van der Waals surface area contributed by atoms with Crippen molar-refractivity contribution < 1.29 is 19.1 Å². The minimum atomic E-state index is -0.418. The fourth-order valence-electron chi connectivity index (χ4n) is 2.77. The molecule has 3 aromatic carbocycles. The maximum Gasteiger partial charge on any atom is 0.311 e. The molecule has 0 bridgehead atoms. The number of ether oxygens (including phenoxy) is 1. The number of amides is 2. The molecule has 2 amide bonds. The van der Waals surface area contributed by atoms with Crippen LogP contribution >= 0.6 is 23.2 Å². The number of esters is 1. The van der Waals surface area contributed by atoms with Gasteiger partial charge in [-0.15, -0.1) is 0 Å². The summed E-state index contributed by atoms with van der Waals surface area (Å²) < 4.78 is 5.28. The van der Waals surface area contributed by atoms with Crippen molar-refractivity contribution in [1.82, 2.24) is 5.32 Å². The Morgan fingerprint density at radius 1 is 0.812 bits per heavy atom. The van der Waals surface area contributed by atoms with Crippen LogP contribution in [0.2, 0.25) is 10.0 Å². The lowest BCUT2D eigenvalue weighted by molar-refractivity contribution is -0.134. The molecule has 0 saturated carbocycles. The molecule has 8 heteroatoms. The summed E-state index contributed by atoms with van der Waals surface area (Å²) in [7, 11) is 0. The molecule has 3 aromatic rings. The summed E-state index contributed by atoms with van der Waals surface area (Å²) in [6.45, 7) is 0.337. The van der Waals surface area contributed by atoms with Gasteiger partial charge < -0.3 is 15.4 Å². The molecule has 0 atom stereocenters. The third kappa shape index (κ3) is 6.83. The first-order chi connectivity index (χ1) is 15.4. The molecule has 3 rings (SSSR count). The Bertz CT molecular complexity index is 1100. The van der Waals surface area contributed by atoms with E-state index in [2.05, 4.69) is 10.6 Å². The Balaban J connectivity index is 1.40. The summed E-state index contributed by atoms with van der Waals surface area (Å²) in [4.78, 5) is 36.3. The maximum absolute atomic E-state index is 12.3. The van der Waals surface area contributed by atoms with Crippen molar-refractivity contribution in [2.75, 3.05) is 11.9 Å². The third-order valence-corrected chi connectivity index (χ3v) is 4.99. The zero-order valence-corrected chi connectivity index (χ0v) is 18.5. The average molecular weight is 471 g/mol. The van der Waals surface area contributed by atoms with Gasteiger partial charge in [0.05, 0.1) is 10.6 Å². The van der Waals surface area contributed by atoms with Gasteiger partial charge in [-0.3, -0.25) is 14.4 Å². The molecule has 0 aromatic heterocycles. The number of carbonyl (C=O) groups is 3. The molecular formula is C24H20Cl2N2O4. The van der Waals surface area contributed by atoms with E-state index in [4.69, 9.17) is 27.9 Å². The summed E-state index contributed by atoms with van der Waals surface area (Å²) >= 11 is 11.8. The van der Waals surface area contributed by atoms with E-state index in [-0.39, 0.29) is 18.2 Å². The molecule has 0 unspecified atom stereocenters. The first kappa shape index (κ1) is 23.3. The molecular weight excluding hydrogens is 451 g/mol. The molecule has 0 aliphatic heterocycles. The van der Waals surface area contributed by atoms with E-state index in [1.807, 2.05) is 0 Å². The van der Waals surface area contributed by atoms with E-state index >= 15 is 0 Å². The highest BCUT2D eigenvalue weighted by Crippen LogP contribution is 2.20. The van der Waals surface area contributed by atoms with Gasteiger partial charge in [0.2, 0.25) is 0 Å². The number of hydrogen-bond acceptors (Lipinski definition) is 4. The second-order valence-electron chi connectivity index (χ2n) is 6.80. The van der Waals surface area contributed by atoms with Gasteiger partial charge in [-0.25, -0.2) is 0 Å². The highest BCUT2D eigenvalue weighted by Gasteiger charge is 2.11. The van der Waals surface area contributed by atoms with Crippen LogP contribution in [0.5, 0.6) is 5.75 Å². The number of hydrogen-bond donors (Lipinski definition) is 2. The van der Waals surface area contributed by atoms with E-state index in [0.29, 0.717) is 45.6 Å². The zero-order chi connectivity index (χ0) is 22.9. The molecule has 0 radical (unpaired) electrons. The predicted octanol–water partition coefficient (Wildman–Crippen LogP) is 5.36. The molecule has 164 valence electrons. The van der Waals surface area contributed by atoms with Crippen LogP contribution in [0.25, 0.3) is 0 Å². The molecule has 0 aliphatic rings. The van der Waals surface area contributed by atoms with E-state index in [9.17, 15) is 14.4 Å². The van der Waals surface area contributed by atoms with Gasteiger partial charge in [0.15, 0.2) is 0 Å². The highest BCUT2D eigenvalue weighted by atomic mass is 35.5. The summed E-state index contributed by atoms with van der Waals surface area (Å²) in [5.41, 5.74) is 1.41. The number of rotatable bonds is 8. The molecule has 0 fully saturated rings. The van der Waals surface area contributed by atoms with E-state index < -0.39 is 5.97 Å². The monoisotopic (exact) mass is 470 g/mol. The van der Waals surface area contributed by atoms with Crippen molar-refractivity contribution >= 4 is 46.7 Å². The summed E-state index contributed by atoms with van der Waals surface area (Å²) in [6, 6.07) is 19.7. The Morgan fingerprint density at radius 3 is 2.19 bits per heavy atom. The van der Waals surface area contributed by atoms with Crippen LogP contribution < -0.4 is 15.4 Å². The maximum atomic E-state index is 12.3. The standard InChI is InChI=1S/C24H20Cl2N2O4/c25-17-9-7-16(8-10-17)23(30)27-15-3-6-22(29)32-19-13-11-18(12-14-19)28-24(31)20-4-1-2-5-21(20)26/h1-2,4-5,7-14H,3,6,15H2,(H,27,30)(H,28,31). The van der Waals surface area contributed by atoms with Gasteiger partial charge in [-0.1, -0.05) is 35.3 Å². The Morgan fingerprint density at radius 2 is 1.50 bits per heavy atom. The van der Waals surface area contributed by atoms with Crippen LogP contribution in [0.4, 0.5) is 5.69 Å². The minimum absolute atomic E-state index is 0.145. The number of halogens is 2. The average Bonchev–Trinajstić information content (AvgIpc) is 2.78. The third-order valence-electron chi connectivity index (χ3n) is 4.41. The number of anilines is 1. The summed E-state index contributed by atoms with van der Waals surface area (Å²) in [6.07, 6.45) is 0.579. The van der Waals surface area contributed by atoms with Gasteiger partial charge in [0.1, 0.15) is 5.75 Å². The van der Waals surface area contributed by atoms with Crippen molar-refractivity contribution in [2.24, 2.45) is 0 Å². The van der Waals surface area contributed by atoms with Crippen molar-refractivity contribution in [3.63, 3.8) is 0 Å². The summed E-state index contributed by atoms with van der Waals surface area (Å²) in [5.74, 6) is -0.625. The molecule has 32 heavy (non-hydrogen) atoms. The molecule has 0 heterocycles. The number of carbonyl (C=O) groups excluding carboxylic acids is 3. The van der Waals surface area contributed by atoms with Gasteiger partial charge >= 0.3 is 5.97 Å². The van der Waals surface area contributed by atoms with E-state index in [1.165, 1.54) is 0 Å². The fraction of sp³-hybridized carbons (Fsp3) is 0.125. The first-order valence-electron chi connectivity index (χ1n) is 9.83. The lowest BCUT2D eigenvalue weighted by Gasteiger charge is -2.09.